The van der Waals surface area contributed by atoms with Gasteiger partial charge >= 0.3 is 0 Å². The molecule has 0 unspecified atom stereocenters. The summed E-state index contributed by atoms with van der Waals surface area (Å²) in [7, 11) is 1.74. The molecule has 1 saturated heterocycles. The molecule has 6 nitrogen and oxygen atoms in total. The Bertz CT molecular complexity index is 873. The van der Waals surface area contributed by atoms with Gasteiger partial charge in [-0.15, -0.1) is 0 Å². The maximum Gasteiger partial charge on any atom is 0.245 e. The summed E-state index contributed by atoms with van der Waals surface area (Å²) in [4.78, 5) is 27.7. The molecular weight excluding hydrogens is 366 g/mol. The van der Waals surface area contributed by atoms with Crippen LogP contribution in [0, 0.1) is 12.8 Å². The molecule has 0 saturated carbocycles. The van der Waals surface area contributed by atoms with Crippen LogP contribution >= 0.6 is 0 Å². The van der Waals surface area contributed by atoms with Gasteiger partial charge in [0.05, 0.1) is 12.3 Å². The summed E-state index contributed by atoms with van der Waals surface area (Å²) in [5.74, 6) is -0.108. The third-order valence-electron chi connectivity index (χ3n) is 5.98. The minimum atomic E-state index is -0.512. The maximum absolute atomic E-state index is 13.4. The molecule has 0 radical (unpaired) electrons. The monoisotopic (exact) mass is 399 g/mol. The largest absolute Gasteiger partial charge is 0.464 e. The van der Waals surface area contributed by atoms with Crippen LogP contribution in [0.2, 0.25) is 0 Å². The number of nitrogens with zero attached hydrogens (tertiary/aromatic N) is 1. The van der Waals surface area contributed by atoms with E-state index in [0.717, 1.165) is 42.3 Å². The first-order chi connectivity index (χ1) is 13.8. The molecule has 0 spiro atoms. The first kappa shape index (κ1) is 21.4. The molecule has 1 aliphatic heterocycles. The second kappa shape index (κ2) is 8.99. The minimum absolute atomic E-state index is 0.0168. The Kier molecular flexibility index (Phi) is 6.63. The predicted octanol–water partition coefficient (Wildman–Crippen LogP) is 3.02. The van der Waals surface area contributed by atoms with E-state index in [1.807, 2.05) is 37.1 Å². The Morgan fingerprint density at radius 1 is 1.28 bits per heavy atom. The fourth-order valence-corrected chi connectivity index (χ4v) is 4.05. The summed E-state index contributed by atoms with van der Waals surface area (Å²) in [6.07, 6.45) is 4.54. The fraction of sp³-hybridized carbons (Fsp3) is 0.565. The summed E-state index contributed by atoms with van der Waals surface area (Å²) < 4.78 is 5.72. The fourth-order valence-electron chi connectivity index (χ4n) is 4.05. The van der Waals surface area contributed by atoms with Crippen LogP contribution in [-0.4, -0.2) is 48.4 Å². The lowest BCUT2D eigenvalue weighted by molar-refractivity contribution is -0.138. The average molecular weight is 400 g/mol. The Morgan fingerprint density at radius 2 is 2.03 bits per heavy atom. The van der Waals surface area contributed by atoms with Crippen LogP contribution in [0.4, 0.5) is 0 Å². The maximum atomic E-state index is 13.4. The smallest absolute Gasteiger partial charge is 0.245 e. The van der Waals surface area contributed by atoms with Gasteiger partial charge in [-0.05, 0) is 58.2 Å². The topological polar surface area (TPSA) is 74.6 Å². The standard InChI is InChI=1S/C23H33N3O3/c1-14(2)21(25-22(27)16(4)24-5)23(28)26-10-6-7-18(26)12-17-13-29-20-9-8-15(3)11-19(17)20/h8-9,11,13-14,16,18,21,24H,6-7,10,12H2,1-5H3,(H,25,27)/t16-,18-,21-/m0/s1. The molecule has 2 N–H and O–H groups in total. The van der Waals surface area contributed by atoms with Crippen molar-refractivity contribution in [2.24, 2.45) is 5.92 Å². The van der Waals surface area contributed by atoms with Crippen molar-refractivity contribution >= 4 is 22.8 Å². The second-order valence-corrected chi connectivity index (χ2v) is 8.53. The van der Waals surface area contributed by atoms with Gasteiger partial charge in [0.2, 0.25) is 11.8 Å². The van der Waals surface area contributed by atoms with Crippen LogP contribution in [0.25, 0.3) is 11.0 Å². The quantitative estimate of drug-likeness (QED) is 0.751. The van der Waals surface area contributed by atoms with Crippen molar-refractivity contribution in [2.75, 3.05) is 13.6 Å². The van der Waals surface area contributed by atoms with Crippen LogP contribution in [0.1, 0.15) is 44.7 Å². The number of hydrogen-bond acceptors (Lipinski definition) is 4. The van der Waals surface area contributed by atoms with E-state index < -0.39 is 6.04 Å². The third-order valence-corrected chi connectivity index (χ3v) is 5.98. The number of nitrogens with one attached hydrogen (secondary N) is 2. The minimum Gasteiger partial charge on any atom is -0.464 e. The van der Waals surface area contributed by atoms with Crippen LogP contribution in [-0.2, 0) is 16.0 Å². The highest BCUT2D eigenvalue weighted by Crippen LogP contribution is 2.28. The summed E-state index contributed by atoms with van der Waals surface area (Å²) in [5, 5.41) is 7.01. The van der Waals surface area contributed by atoms with Gasteiger partial charge in [-0.25, -0.2) is 0 Å². The Hall–Kier alpha value is -2.34. The molecule has 3 rings (SSSR count). The van der Waals surface area contributed by atoms with Gasteiger partial charge in [0, 0.05) is 23.5 Å². The molecule has 1 fully saturated rings. The number of likely N-dealkylation sites (tertiary alicyclic amines) is 1. The number of amides is 2. The van der Waals surface area contributed by atoms with Crippen molar-refractivity contribution in [3.05, 3.63) is 35.6 Å². The Labute approximate surface area is 173 Å². The normalized spacial score (nSPS) is 19.0. The van der Waals surface area contributed by atoms with Crippen LogP contribution < -0.4 is 10.6 Å². The number of carbonyl (C=O) groups excluding carboxylic acids is 2. The highest BCUT2D eigenvalue weighted by atomic mass is 16.3. The summed E-state index contributed by atoms with van der Waals surface area (Å²) in [6.45, 7) is 8.55. The highest BCUT2D eigenvalue weighted by molar-refractivity contribution is 5.90. The van der Waals surface area contributed by atoms with Crippen LogP contribution in [0.5, 0.6) is 0 Å². The van der Waals surface area contributed by atoms with Gasteiger partial charge in [-0.3, -0.25) is 9.59 Å². The van der Waals surface area contributed by atoms with Gasteiger partial charge in [-0.1, -0.05) is 25.5 Å². The zero-order valence-electron chi connectivity index (χ0n) is 18.1. The van der Waals surface area contributed by atoms with E-state index in [1.165, 1.54) is 5.56 Å². The summed E-state index contributed by atoms with van der Waals surface area (Å²) in [5.41, 5.74) is 3.22. The van der Waals surface area contributed by atoms with Gasteiger partial charge in [0.15, 0.2) is 0 Å². The SMILES string of the molecule is CN[C@@H](C)C(=O)N[C@H](C(=O)N1CCC[C@H]1Cc1coc2ccc(C)cc12)C(C)C. The molecule has 0 aliphatic carbocycles. The number of aryl methyl sites for hydroxylation is 1. The molecule has 2 heterocycles. The molecule has 0 bridgehead atoms. The molecule has 1 aromatic carbocycles. The number of rotatable bonds is 7. The van der Waals surface area contributed by atoms with E-state index in [0.29, 0.717) is 0 Å². The third kappa shape index (κ3) is 4.64. The number of furan rings is 1. The Balaban J connectivity index is 1.76. The van der Waals surface area contributed by atoms with E-state index in [-0.39, 0.29) is 29.8 Å². The van der Waals surface area contributed by atoms with Crippen molar-refractivity contribution in [1.82, 2.24) is 15.5 Å². The van der Waals surface area contributed by atoms with Crippen molar-refractivity contribution < 1.29 is 14.0 Å². The van der Waals surface area contributed by atoms with Gasteiger partial charge in [-0.2, -0.15) is 0 Å². The molecule has 158 valence electrons. The molecular formula is C23H33N3O3. The van der Waals surface area contributed by atoms with E-state index in [2.05, 4.69) is 23.6 Å². The van der Waals surface area contributed by atoms with Crippen LogP contribution in [0.15, 0.2) is 28.9 Å². The highest BCUT2D eigenvalue weighted by Gasteiger charge is 2.36. The number of carbonyl (C=O) groups is 2. The van der Waals surface area contributed by atoms with E-state index in [9.17, 15) is 9.59 Å². The lowest BCUT2D eigenvalue weighted by atomic mass is 9.99. The van der Waals surface area contributed by atoms with Gasteiger partial charge < -0.3 is 20.0 Å². The lowest BCUT2D eigenvalue weighted by Crippen LogP contribution is -2.55. The molecule has 6 heteroatoms. The molecule has 2 amide bonds. The van der Waals surface area contributed by atoms with Gasteiger partial charge in [0.1, 0.15) is 11.6 Å². The van der Waals surface area contributed by atoms with Crippen molar-refractivity contribution in [2.45, 2.75) is 65.1 Å². The molecule has 1 aliphatic rings. The molecule has 1 aromatic heterocycles. The predicted molar refractivity (Wildman–Crippen MR) is 115 cm³/mol. The molecule has 29 heavy (non-hydrogen) atoms. The van der Waals surface area contributed by atoms with E-state index >= 15 is 0 Å². The first-order valence-electron chi connectivity index (χ1n) is 10.6. The summed E-state index contributed by atoms with van der Waals surface area (Å²) >= 11 is 0. The number of benzene rings is 1. The summed E-state index contributed by atoms with van der Waals surface area (Å²) in [6, 6.07) is 5.47. The van der Waals surface area contributed by atoms with Gasteiger partial charge in [0.25, 0.3) is 0 Å². The lowest BCUT2D eigenvalue weighted by Gasteiger charge is -2.31. The average Bonchev–Trinajstić information content (AvgIpc) is 3.32. The molecule has 3 atom stereocenters. The first-order valence-corrected chi connectivity index (χ1v) is 10.6. The van der Waals surface area contributed by atoms with Crippen molar-refractivity contribution in [3.8, 4) is 0 Å². The Morgan fingerprint density at radius 3 is 2.72 bits per heavy atom. The second-order valence-electron chi connectivity index (χ2n) is 8.53. The van der Waals surface area contributed by atoms with Crippen LogP contribution in [0.3, 0.4) is 0 Å². The zero-order valence-corrected chi connectivity index (χ0v) is 18.1. The van der Waals surface area contributed by atoms with Crippen molar-refractivity contribution in [3.63, 3.8) is 0 Å². The number of fused-ring (bicyclic) bond motifs is 1. The molecule has 2 aromatic rings. The number of likely N-dealkylation sites (N-methyl/N-ethyl adjacent to an activating group) is 1. The van der Waals surface area contributed by atoms with E-state index in [4.69, 9.17) is 4.42 Å². The number of hydrogen-bond donors (Lipinski definition) is 2. The zero-order chi connectivity index (χ0) is 21.1. The van der Waals surface area contributed by atoms with E-state index in [1.54, 1.807) is 14.0 Å². The van der Waals surface area contributed by atoms with Crippen molar-refractivity contribution in [1.29, 1.82) is 0 Å².